The van der Waals surface area contributed by atoms with E-state index in [1.54, 1.807) is 4.90 Å². The number of hydrogen-bond acceptors (Lipinski definition) is 4. The number of rotatable bonds is 8. The fourth-order valence-corrected chi connectivity index (χ4v) is 6.86. The van der Waals surface area contributed by atoms with Crippen LogP contribution in [0.25, 0.3) is 0 Å². The molecule has 0 atom stereocenters. The lowest BCUT2D eigenvalue weighted by molar-refractivity contribution is -0.122. The summed E-state index contributed by atoms with van der Waals surface area (Å²) in [5.41, 5.74) is 1.15. The van der Waals surface area contributed by atoms with Gasteiger partial charge in [0.15, 0.2) is 0 Å². The van der Waals surface area contributed by atoms with E-state index < -0.39 is 0 Å². The maximum absolute atomic E-state index is 13.6. The minimum absolute atomic E-state index is 0.0180. The van der Waals surface area contributed by atoms with Gasteiger partial charge in [0.25, 0.3) is 0 Å². The predicted molar refractivity (Wildman–Crippen MR) is 136 cm³/mol. The third-order valence-electron chi connectivity index (χ3n) is 9.53. The molecule has 7 heteroatoms. The minimum Gasteiger partial charge on any atom is -0.393 e. The van der Waals surface area contributed by atoms with Gasteiger partial charge in [-0.3, -0.25) is 9.69 Å². The van der Waals surface area contributed by atoms with Gasteiger partial charge in [-0.05, 0) is 82.9 Å². The first kappa shape index (κ1) is 24.6. The van der Waals surface area contributed by atoms with Crippen LogP contribution in [0.3, 0.4) is 0 Å². The number of carbonyl (C=O) groups is 2. The Morgan fingerprint density at radius 3 is 2.34 bits per heavy atom. The van der Waals surface area contributed by atoms with E-state index in [4.69, 9.17) is 0 Å². The molecule has 5 rings (SSSR count). The molecule has 7 nitrogen and oxygen atoms in total. The Labute approximate surface area is 209 Å². The Morgan fingerprint density at radius 1 is 1.09 bits per heavy atom. The van der Waals surface area contributed by atoms with E-state index in [-0.39, 0.29) is 35.7 Å². The van der Waals surface area contributed by atoms with Gasteiger partial charge in [0.05, 0.1) is 11.6 Å². The molecular formula is C28H42N4O3. The van der Waals surface area contributed by atoms with Crippen LogP contribution in [0.4, 0.5) is 4.79 Å². The lowest BCUT2D eigenvalue weighted by Crippen LogP contribution is -2.56. The van der Waals surface area contributed by atoms with Gasteiger partial charge in [-0.1, -0.05) is 36.8 Å². The molecule has 192 valence electrons. The first-order chi connectivity index (χ1) is 16.8. The molecule has 3 amide bonds. The van der Waals surface area contributed by atoms with E-state index in [9.17, 15) is 14.7 Å². The lowest BCUT2D eigenvalue weighted by Gasteiger charge is -2.51. The molecular weight excluding hydrogens is 440 g/mol. The van der Waals surface area contributed by atoms with Gasteiger partial charge in [0.2, 0.25) is 5.91 Å². The fourth-order valence-electron chi connectivity index (χ4n) is 6.86. The molecule has 1 aromatic rings. The lowest BCUT2D eigenvalue weighted by atomic mass is 9.68. The topological polar surface area (TPSA) is 76.1 Å². The second kappa shape index (κ2) is 9.74. The normalized spacial score (nSPS) is 33.2. The van der Waals surface area contributed by atoms with Gasteiger partial charge >= 0.3 is 6.03 Å². The molecule has 0 radical (unpaired) electrons. The summed E-state index contributed by atoms with van der Waals surface area (Å²) in [6, 6.07) is 10.8. The van der Waals surface area contributed by atoms with Crippen molar-refractivity contribution in [3.63, 3.8) is 0 Å². The summed E-state index contributed by atoms with van der Waals surface area (Å²) in [5, 5.41) is 12.5. The molecule has 0 unspecified atom stereocenters. The largest absolute Gasteiger partial charge is 0.393 e. The molecule has 0 aromatic heterocycles. The predicted octanol–water partition coefficient (Wildman–Crippen LogP) is 3.18. The minimum atomic E-state index is -0.214. The Balaban J connectivity index is 1.29. The van der Waals surface area contributed by atoms with E-state index in [2.05, 4.69) is 59.5 Å². The molecule has 4 fully saturated rings. The van der Waals surface area contributed by atoms with E-state index in [1.165, 1.54) is 24.8 Å². The number of nitrogens with zero attached hydrogens (tertiary/aromatic N) is 3. The zero-order chi connectivity index (χ0) is 24.6. The molecule has 1 aliphatic heterocycles. The molecule has 35 heavy (non-hydrogen) atoms. The van der Waals surface area contributed by atoms with E-state index >= 15 is 0 Å². The van der Waals surface area contributed by atoms with Gasteiger partial charge in [0.1, 0.15) is 6.54 Å². The Hall–Kier alpha value is -2.12. The number of hydrogen-bond donors (Lipinski definition) is 2. The highest BCUT2D eigenvalue weighted by atomic mass is 16.3. The summed E-state index contributed by atoms with van der Waals surface area (Å²) in [6.07, 6.45) is 8.90. The molecule has 1 spiro atoms. The van der Waals surface area contributed by atoms with Crippen LogP contribution >= 0.6 is 0 Å². The SMILES string of the molecule is CN(C)C1(c2ccccc2)CCC2(CC1)CN(CC(=O)NC[C@H]1C[C@@H](O)C1)C(=O)N2CC1CCC1. The van der Waals surface area contributed by atoms with Gasteiger partial charge in [-0.2, -0.15) is 0 Å². The van der Waals surface area contributed by atoms with Crippen molar-refractivity contribution in [1.82, 2.24) is 20.0 Å². The van der Waals surface area contributed by atoms with E-state index in [0.29, 0.717) is 24.9 Å². The van der Waals surface area contributed by atoms with E-state index in [1.807, 2.05) is 0 Å². The van der Waals surface area contributed by atoms with Crippen LogP contribution in [0.15, 0.2) is 30.3 Å². The molecule has 1 aromatic carbocycles. The number of aliphatic hydroxyl groups is 1. The molecule has 0 bridgehead atoms. The molecule has 3 aliphatic carbocycles. The van der Waals surface area contributed by atoms with Crippen molar-refractivity contribution in [1.29, 1.82) is 0 Å². The number of benzene rings is 1. The van der Waals surface area contributed by atoms with Crippen molar-refractivity contribution in [2.45, 2.75) is 75.0 Å². The van der Waals surface area contributed by atoms with Crippen LogP contribution in [0, 0.1) is 11.8 Å². The van der Waals surface area contributed by atoms with Crippen LogP contribution < -0.4 is 5.32 Å². The first-order valence-electron chi connectivity index (χ1n) is 13.6. The van der Waals surface area contributed by atoms with Gasteiger partial charge < -0.3 is 20.2 Å². The number of nitrogens with one attached hydrogen (secondary N) is 1. The summed E-state index contributed by atoms with van der Waals surface area (Å²) >= 11 is 0. The number of amides is 3. The number of urea groups is 1. The summed E-state index contributed by atoms with van der Waals surface area (Å²) in [4.78, 5) is 32.7. The molecule has 4 aliphatic rings. The van der Waals surface area contributed by atoms with Crippen LogP contribution in [-0.4, -0.2) is 83.7 Å². The molecule has 1 saturated heterocycles. The fraction of sp³-hybridized carbons (Fsp3) is 0.714. The van der Waals surface area contributed by atoms with Crippen molar-refractivity contribution in [2.75, 3.05) is 40.3 Å². The van der Waals surface area contributed by atoms with Crippen molar-refractivity contribution in [3.05, 3.63) is 35.9 Å². The number of aliphatic hydroxyl groups excluding tert-OH is 1. The number of carbonyl (C=O) groups excluding carboxylic acids is 2. The molecule has 3 saturated carbocycles. The quantitative estimate of drug-likeness (QED) is 0.597. The first-order valence-corrected chi connectivity index (χ1v) is 13.6. The summed E-state index contributed by atoms with van der Waals surface area (Å²) in [6.45, 7) is 2.20. The Morgan fingerprint density at radius 2 is 1.77 bits per heavy atom. The van der Waals surface area contributed by atoms with Crippen LogP contribution in [0.5, 0.6) is 0 Å². The van der Waals surface area contributed by atoms with Crippen molar-refractivity contribution >= 4 is 11.9 Å². The highest BCUT2D eigenvalue weighted by molar-refractivity contribution is 5.86. The highest BCUT2D eigenvalue weighted by Gasteiger charge is 2.55. The molecule has 2 N–H and O–H groups in total. The van der Waals surface area contributed by atoms with Gasteiger partial charge in [0, 0.05) is 25.2 Å². The standard InChI is InChI=1S/C28H42N4O3/c1-30(2)28(23-9-4-3-5-10-23)13-11-27(12-14-28)20-31(26(35)32(27)18-21-7-6-8-21)19-25(34)29-17-22-15-24(33)16-22/h3-5,9-10,21-22,24,33H,6-8,11-20H2,1-2H3,(H,29,34)/t22-,24+,27?,28?. The summed E-state index contributed by atoms with van der Waals surface area (Å²) < 4.78 is 0. The maximum Gasteiger partial charge on any atom is 0.321 e. The highest BCUT2D eigenvalue weighted by Crippen LogP contribution is 2.49. The van der Waals surface area contributed by atoms with Crippen molar-refractivity contribution < 1.29 is 14.7 Å². The molecule has 1 heterocycles. The van der Waals surface area contributed by atoms with Crippen LogP contribution in [0.2, 0.25) is 0 Å². The third kappa shape index (κ3) is 4.69. The Bertz CT molecular complexity index is 902. The van der Waals surface area contributed by atoms with Gasteiger partial charge in [-0.25, -0.2) is 4.79 Å². The second-order valence-electron chi connectivity index (χ2n) is 11.9. The summed E-state index contributed by atoms with van der Waals surface area (Å²) in [5.74, 6) is 0.882. The Kier molecular flexibility index (Phi) is 6.83. The van der Waals surface area contributed by atoms with E-state index in [0.717, 1.165) is 45.1 Å². The monoisotopic (exact) mass is 482 g/mol. The average Bonchev–Trinajstić information content (AvgIpc) is 3.04. The second-order valence-corrected chi connectivity index (χ2v) is 11.9. The maximum atomic E-state index is 13.6. The zero-order valence-electron chi connectivity index (χ0n) is 21.4. The van der Waals surface area contributed by atoms with Crippen molar-refractivity contribution in [3.8, 4) is 0 Å². The van der Waals surface area contributed by atoms with Crippen LogP contribution in [-0.2, 0) is 10.3 Å². The average molecular weight is 483 g/mol. The smallest absolute Gasteiger partial charge is 0.321 e. The third-order valence-corrected chi connectivity index (χ3v) is 9.53. The zero-order valence-corrected chi connectivity index (χ0v) is 21.4. The van der Waals surface area contributed by atoms with Gasteiger partial charge in [-0.15, -0.1) is 0 Å². The summed E-state index contributed by atoms with van der Waals surface area (Å²) in [7, 11) is 4.35. The van der Waals surface area contributed by atoms with Crippen molar-refractivity contribution in [2.24, 2.45) is 11.8 Å². The van der Waals surface area contributed by atoms with Crippen LogP contribution in [0.1, 0.15) is 63.4 Å².